The van der Waals surface area contributed by atoms with Gasteiger partial charge in [-0.3, -0.25) is 4.98 Å². The molecule has 0 bridgehead atoms. The Labute approximate surface area is 121 Å². The molecule has 1 heterocycles. The maximum atomic E-state index is 13.1. The molecule has 2 aromatic rings. The Morgan fingerprint density at radius 3 is 2.76 bits per heavy atom. The van der Waals surface area contributed by atoms with Crippen molar-refractivity contribution in [1.29, 1.82) is 0 Å². The van der Waals surface area contributed by atoms with Crippen LogP contribution in [0.1, 0.15) is 17.2 Å². The van der Waals surface area contributed by atoms with Gasteiger partial charge >= 0.3 is 0 Å². The van der Waals surface area contributed by atoms with E-state index in [4.69, 9.17) is 5.73 Å². The monoisotopic (exact) mass is 406 g/mol. The highest BCUT2D eigenvalue weighted by atomic mass is 127. The molecule has 0 aliphatic heterocycles. The fourth-order valence-electron chi connectivity index (χ4n) is 1.53. The number of nitrogens with two attached hydrogens (primary N) is 1. The minimum atomic E-state index is -0.373. The van der Waals surface area contributed by atoms with E-state index in [-0.39, 0.29) is 11.9 Å². The third kappa shape index (κ3) is 3.02. The van der Waals surface area contributed by atoms with Gasteiger partial charge in [-0.05, 0) is 58.0 Å². The summed E-state index contributed by atoms with van der Waals surface area (Å²) in [4.78, 5) is 3.81. The molecular formula is C12H9BrFIN2. The molecule has 1 aromatic heterocycles. The van der Waals surface area contributed by atoms with E-state index in [9.17, 15) is 4.39 Å². The molecule has 17 heavy (non-hydrogen) atoms. The lowest BCUT2D eigenvalue weighted by atomic mass is 10.0. The highest BCUT2D eigenvalue weighted by molar-refractivity contribution is 14.1. The van der Waals surface area contributed by atoms with E-state index in [0.29, 0.717) is 5.56 Å². The smallest absolute Gasteiger partial charge is 0.141 e. The number of pyridine rings is 1. The molecule has 0 radical (unpaired) electrons. The standard InChI is InChI=1S/C12H9BrFIN2/c13-8-1-2-11(15)10(4-8)12(16)7-3-9(14)6-17-5-7/h1-6,12H,16H2. The molecule has 1 aromatic carbocycles. The average molecular weight is 407 g/mol. The van der Waals surface area contributed by atoms with Crippen molar-refractivity contribution in [2.45, 2.75) is 6.04 Å². The van der Waals surface area contributed by atoms with Crippen LogP contribution in [0.15, 0.2) is 41.1 Å². The number of rotatable bonds is 2. The minimum Gasteiger partial charge on any atom is -0.320 e. The summed E-state index contributed by atoms with van der Waals surface area (Å²) in [7, 11) is 0. The van der Waals surface area contributed by atoms with Gasteiger partial charge in [0, 0.05) is 14.2 Å². The second-order valence-electron chi connectivity index (χ2n) is 3.58. The van der Waals surface area contributed by atoms with Gasteiger partial charge in [0.05, 0.1) is 12.2 Å². The Hall–Kier alpha value is -0.530. The maximum Gasteiger partial charge on any atom is 0.141 e. The van der Waals surface area contributed by atoms with E-state index in [1.54, 1.807) is 6.20 Å². The molecule has 0 saturated heterocycles. The molecule has 2 nitrogen and oxygen atoms in total. The van der Waals surface area contributed by atoms with E-state index < -0.39 is 0 Å². The second kappa shape index (κ2) is 5.41. The molecule has 0 amide bonds. The molecule has 0 saturated carbocycles. The van der Waals surface area contributed by atoms with Gasteiger partial charge in [0.15, 0.2) is 0 Å². The zero-order chi connectivity index (χ0) is 12.4. The first-order valence-electron chi connectivity index (χ1n) is 4.89. The minimum absolute atomic E-state index is 0.372. The van der Waals surface area contributed by atoms with Crippen molar-refractivity contribution in [3.05, 3.63) is 61.6 Å². The molecule has 5 heteroatoms. The highest BCUT2D eigenvalue weighted by Crippen LogP contribution is 2.27. The zero-order valence-electron chi connectivity index (χ0n) is 8.70. The lowest BCUT2D eigenvalue weighted by molar-refractivity contribution is 0.616. The van der Waals surface area contributed by atoms with Gasteiger partial charge in [-0.1, -0.05) is 15.9 Å². The van der Waals surface area contributed by atoms with Crippen LogP contribution >= 0.6 is 38.5 Å². The number of aromatic nitrogens is 1. The number of hydrogen-bond donors (Lipinski definition) is 1. The Morgan fingerprint density at radius 1 is 1.29 bits per heavy atom. The summed E-state index contributed by atoms with van der Waals surface area (Å²) >= 11 is 5.62. The van der Waals surface area contributed by atoms with E-state index in [0.717, 1.165) is 13.6 Å². The lowest BCUT2D eigenvalue weighted by Gasteiger charge is -2.14. The lowest BCUT2D eigenvalue weighted by Crippen LogP contribution is -2.14. The Morgan fingerprint density at radius 2 is 2.06 bits per heavy atom. The van der Waals surface area contributed by atoms with Crippen molar-refractivity contribution < 1.29 is 4.39 Å². The third-order valence-corrected chi connectivity index (χ3v) is 3.85. The van der Waals surface area contributed by atoms with Crippen molar-refractivity contribution in [2.75, 3.05) is 0 Å². The zero-order valence-corrected chi connectivity index (χ0v) is 12.4. The Bertz CT molecular complexity index is 548. The fourth-order valence-corrected chi connectivity index (χ4v) is 2.58. The van der Waals surface area contributed by atoms with Gasteiger partial charge in [-0.15, -0.1) is 0 Å². The van der Waals surface area contributed by atoms with Gasteiger partial charge in [-0.2, -0.15) is 0 Å². The first kappa shape index (κ1) is 12.9. The molecule has 1 atom stereocenters. The molecule has 0 spiro atoms. The van der Waals surface area contributed by atoms with Crippen LogP contribution in [0.2, 0.25) is 0 Å². The van der Waals surface area contributed by atoms with Crippen LogP contribution in [0.25, 0.3) is 0 Å². The van der Waals surface area contributed by atoms with Crippen LogP contribution in [-0.4, -0.2) is 4.98 Å². The number of nitrogens with zero attached hydrogens (tertiary/aromatic N) is 1. The van der Waals surface area contributed by atoms with Crippen molar-refractivity contribution in [1.82, 2.24) is 4.98 Å². The first-order valence-corrected chi connectivity index (χ1v) is 6.76. The van der Waals surface area contributed by atoms with Crippen LogP contribution in [0.5, 0.6) is 0 Å². The Balaban J connectivity index is 2.43. The van der Waals surface area contributed by atoms with Gasteiger partial charge in [0.2, 0.25) is 0 Å². The quantitative estimate of drug-likeness (QED) is 0.773. The average Bonchev–Trinajstić information content (AvgIpc) is 2.31. The maximum absolute atomic E-state index is 13.1. The predicted molar refractivity (Wildman–Crippen MR) is 77.1 cm³/mol. The molecule has 0 fully saturated rings. The van der Waals surface area contributed by atoms with Gasteiger partial charge in [-0.25, -0.2) is 4.39 Å². The van der Waals surface area contributed by atoms with Gasteiger partial charge in [0.1, 0.15) is 5.82 Å². The van der Waals surface area contributed by atoms with Crippen LogP contribution in [0.3, 0.4) is 0 Å². The topological polar surface area (TPSA) is 38.9 Å². The SMILES string of the molecule is NC(c1cncc(F)c1)c1cc(Br)ccc1I. The summed E-state index contributed by atoms with van der Waals surface area (Å²) in [6.07, 6.45) is 2.76. The van der Waals surface area contributed by atoms with Crippen molar-refractivity contribution in [2.24, 2.45) is 5.73 Å². The number of halogens is 3. The van der Waals surface area contributed by atoms with E-state index >= 15 is 0 Å². The highest BCUT2D eigenvalue weighted by Gasteiger charge is 2.13. The predicted octanol–water partition coefficient (Wildman–Crippen LogP) is 3.64. The molecule has 2 rings (SSSR count). The van der Waals surface area contributed by atoms with Crippen LogP contribution in [-0.2, 0) is 0 Å². The Kier molecular flexibility index (Phi) is 4.11. The summed E-state index contributed by atoms with van der Waals surface area (Å²) in [6.45, 7) is 0. The largest absolute Gasteiger partial charge is 0.320 e. The summed E-state index contributed by atoms with van der Waals surface area (Å²) < 4.78 is 15.1. The van der Waals surface area contributed by atoms with Crippen molar-refractivity contribution in [3.63, 3.8) is 0 Å². The normalized spacial score (nSPS) is 12.5. The molecule has 88 valence electrons. The van der Waals surface area contributed by atoms with Crippen LogP contribution in [0, 0.1) is 9.39 Å². The van der Waals surface area contributed by atoms with E-state index in [1.807, 2.05) is 18.2 Å². The van der Waals surface area contributed by atoms with Crippen LogP contribution < -0.4 is 5.73 Å². The molecule has 2 N–H and O–H groups in total. The molecule has 0 aliphatic carbocycles. The summed E-state index contributed by atoms with van der Waals surface area (Å²) in [5.41, 5.74) is 7.74. The van der Waals surface area contributed by atoms with Gasteiger partial charge in [0.25, 0.3) is 0 Å². The summed E-state index contributed by atoms with van der Waals surface area (Å²) in [5.74, 6) is -0.372. The van der Waals surface area contributed by atoms with Gasteiger partial charge < -0.3 is 5.73 Å². The molecular weight excluding hydrogens is 398 g/mol. The van der Waals surface area contributed by atoms with Crippen LogP contribution in [0.4, 0.5) is 4.39 Å². The van der Waals surface area contributed by atoms with E-state index in [2.05, 4.69) is 43.5 Å². The first-order chi connectivity index (χ1) is 8.08. The number of benzene rings is 1. The summed E-state index contributed by atoms with van der Waals surface area (Å²) in [6, 6.07) is 6.89. The van der Waals surface area contributed by atoms with Crippen molar-refractivity contribution >= 4 is 38.5 Å². The molecule has 0 aliphatic rings. The second-order valence-corrected chi connectivity index (χ2v) is 5.66. The van der Waals surface area contributed by atoms with Crippen molar-refractivity contribution in [3.8, 4) is 0 Å². The molecule has 1 unspecified atom stereocenters. The fraction of sp³-hybridized carbons (Fsp3) is 0.0833. The van der Waals surface area contributed by atoms with E-state index in [1.165, 1.54) is 12.3 Å². The number of hydrogen-bond acceptors (Lipinski definition) is 2. The third-order valence-electron chi connectivity index (χ3n) is 2.38. The summed E-state index contributed by atoms with van der Waals surface area (Å²) in [5, 5.41) is 0.